The molecule has 0 saturated carbocycles. The highest BCUT2D eigenvalue weighted by Crippen LogP contribution is 2.19. The van der Waals surface area contributed by atoms with E-state index in [0.29, 0.717) is 12.5 Å². The number of aliphatic hydroxyl groups is 1. The molecule has 20 heavy (non-hydrogen) atoms. The molecule has 2 aromatic rings. The second kappa shape index (κ2) is 6.73. The highest BCUT2D eigenvalue weighted by molar-refractivity contribution is 5.26. The van der Waals surface area contributed by atoms with Crippen LogP contribution >= 0.6 is 0 Å². The largest absolute Gasteiger partial charge is 0.468 e. The second-order valence-corrected chi connectivity index (χ2v) is 5.48. The van der Waals surface area contributed by atoms with Gasteiger partial charge in [-0.1, -0.05) is 38.1 Å². The molecular weight excluding hydrogens is 250 g/mol. The topological polar surface area (TPSA) is 45.4 Å². The summed E-state index contributed by atoms with van der Waals surface area (Å²) in [7, 11) is 0. The molecule has 0 amide bonds. The van der Waals surface area contributed by atoms with Crippen LogP contribution in [0.1, 0.15) is 55.7 Å². The summed E-state index contributed by atoms with van der Waals surface area (Å²) < 4.78 is 5.33. The molecule has 1 aromatic heterocycles. The molecule has 108 valence electrons. The molecule has 0 aliphatic carbocycles. The zero-order chi connectivity index (χ0) is 14.5. The first kappa shape index (κ1) is 14.8. The molecule has 0 aliphatic heterocycles. The second-order valence-electron chi connectivity index (χ2n) is 5.48. The summed E-state index contributed by atoms with van der Waals surface area (Å²) in [6.45, 7) is 6.85. The van der Waals surface area contributed by atoms with Crippen LogP contribution in [0.2, 0.25) is 0 Å². The molecule has 0 aliphatic rings. The number of rotatable bonds is 6. The van der Waals surface area contributed by atoms with Crippen LogP contribution in [-0.4, -0.2) is 11.7 Å². The van der Waals surface area contributed by atoms with E-state index in [4.69, 9.17) is 4.42 Å². The number of aliphatic hydroxyl groups excluding tert-OH is 1. The first-order valence-electron chi connectivity index (χ1n) is 7.12. The Morgan fingerprint density at radius 1 is 1.05 bits per heavy atom. The zero-order valence-corrected chi connectivity index (χ0v) is 12.3. The Kier molecular flexibility index (Phi) is 4.99. The molecule has 2 atom stereocenters. The maximum Gasteiger partial charge on any atom is 0.120 e. The smallest absolute Gasteiger partial charge is 0.120 e. The van der Waals surface area contributed by atoms with Gasteiger partial charge in [0.25, 0.3) is 0 Å². The third-order valence-electron chi connectivity index (χ3n) is 3.58. The summed E-state index contributed by atoms with van der Waals surface area (Å²) in [5, 5.41) is 13.5. The van der Waals surface area contributed by atoms with E-state index < -0.39 is 6.10 Å². The average Bonchev–Trinajstić information content (AvgIpc) is 2.98. The Bertz CT molecular complexity index is 502. The molecule has 3 heteroatoms. The molecule has 1 aromatic carbocycles. The Labute approximate surface area is 120 Å². The highest BCUT2D eigenvalue weighted by Gasteiger charge is 2.12. The first-order valence-corrected chi connectivity index (χ1v) is 7.12. The van der Waals surface area contributed by atoms with Crippen LogP contribution in [0.15, 0.2) is 47.1 Å². The lowest BCUT2D eigenvalue weighted by Crippen LogP contribution is -2.24. The maximum atomic E-state index is 10.2. The lowest BCUT2D eigenvalue weighted by atomic mass is 10.00. The van der Waals surface area contributed by atoms with Crippen molar-refractivity contribution in [1.29, 1.82) is 0 Å². The zero-order valence-electron chi connectivity index (χ0n) is 12.3. The van der Waals surface area contributed by atoms with Crippen molar-refractivity contribution >= 4 is 0 Å². The summed E-state index contributed by atoms with van der Waals surface area (Å²) in [5.74, 6) is 1.39. The van der Waals surface area contributed by atoms with Crippen LogP contribution in [0, 0.1) is 0 Å². The summed E-state index contributed by atoms with van der Waals surface area (Å²) in [6, 6.07) is 12.1. The Morgan fingerprint density at radius 3 is 2.25 bits per heavy atom. The standard InChI is InChI=1S/C17H23NO2/c1-12(2)14-6-8-15(9-7-14)16(19)11-18-13(3)17-5-4-10-20-17/h4-10,12-13,16,18-19H,11H2,1-3H3. The van der Waals surface area contributed by atoms with Gasteiger partial charge in [0, 0.05) is 6.54 Å². The van der Waals surface area contributed by atoms with Crippen molar-refractivity contribution in [2.75, 3.05) is 6.54 Å². The Balaban J connectivity index is 1.89. The molecule has 0 bridgehead atoms. The predicted molar refractivity (Wildman–Crippen MR) is 80.6 cm³/mol. The van der Waals surface area contributed by atoms with Crippen LogP contribution in [0.5, 0.6) is 0 Å². The fraction of sp³-hybridized carbons (Fsp3) is 0.412. The minimum atomic E-state index is -0.506. The highest BCUT2D eigenvalue weighted by atomic mass is 16.3. The minimum Gasteiger partial charge on any atom is -0.468 e. The van der Waals surface area contributed by atoms with Gasteiger partial charge in [0.05, 0.1) is 18.4 Å². The monoisotopic (exact) mass is 273 g/mol. The summed E-state index contributed by atoms with van der Waals surface area (Å²) >= 11 is 0. The molecule has 0 saturated heterocycles. The number of hydrogen-bond donors (Lipinski definition) is 2. The van der Waals surface area contributed by atoms with Crippen LogP contribution in [0.25, 0.3) is 0 Å². The molecule has 0 fully saturated rings. The van der Waals surface area contributed by atoms with E-state index in [-0.39, 0.29) is 6.04 Å². The molecule has 0 spiro atoms. The molecule has 1 heterocycles. The van der Waals surface area contributed by atoms with Crippen molar-refractivity contribution in [3.05, 3.63) is 59.5 Å². The summed E-state index contributed by atoms with van der Waals surface area (Å²) in [5.41, 5.74) is 2.23. The van der Waals surface area contributed by atoms with Gasteiger partial charge in [-0.3, -0.25) is 0 Å². The fourth-order valence-corrected chi connectivity index (χ4v) is 2.15. The lowest BCUT2D eigenvalue weighted by molar-refractivity contribution is 0.169. The van der Waals surface area contributed by atoms with Gasteiger partial charge in [-0.25, -0.2) is 0 Å². The molecule has 3 nitrogen and oxygen atoms in total. The Morgan fingerprint density at radius 2 is 1.70 bits per heavy atom. The summed E-state index contributed by atoms with van der Waals surface area (Å²) in [6.07, 6.45) is 1.16. The van der Waals surface area contributed by atoms with E-state index in [1.54, 1.807) is 6.26 Å². The van der Waals surface area contributed by atoms with Gasteiger partial charge < -0.3 is 14.8 Å². The third kappa shape index (κ3) is 3.71. The van der Waals surface area contributed by atoms with Crippen molar-refractivity contribution in [2.24, 2.45) is 0 Å². The van der Waals surface area contributed by atoms with E-state index in [9.17, 15) is 5.11 Å². The van der Waals surface area contributed by atoms with Crippen LogP contribution < -0.4 is 5.32 Å². The molecule has 2 unspecified atom stereocenters. The SMILES string of the molecule is CC(C)c1ccc(C(O)CNC(C)c2ccco2)cc1. The van der Waals surface area contributed by atoms with Crippen molar-refractivity contribution in [2.45, 2.75) is 38.8 Å². The van der Waals surface area contributed by atoms with Crippen LogP contribution in [0.4, 0.5) is 0 Å². The number of hydrogen-bond acceptors (Lipinski definition) is 3. The van der Waals surface area contributed by atoms with Gasteiger partial charge in [0.2, 0.25) is 0 Å². The number of benzene rings is 1. The van der Waals surface area contributed by atoms with Crippen molar-refractivity contribution < 1.29 is 9.52 Å². The lowest BCUT2D eigenvalue weighted by Gasteiger charge is -2.16. The minimum absolute atomic E-state index is 0.0922. The summed E-state index contributed by atoms with van der Waals surface area (Å²) in [4.78, 5) is 0. The van der Waals surface area contributed by atoms with E-state index in [1.165, 1.54) is 5.56 Å². The average molecular weight is 273 g/mol. The first-order chi connectivity index (χ1) is 9.58. The van der Waals surface area contributed by atoms with E-state index >= 15 is 0 Å². The molecule has 2 rings (SSSR count). The van der Waals surface area contributed by atoms with Crippen molar-refractivity contribution in [3.8, 4) is 0 Å². The van der Waals surface area contributed by atoms with Crippen molar-refractivity contribution in [3.63, 3.8) is 0 Å². The van der Waals surface area contributed by atoms with Crippen LogP contribution in [-0.2, 0) is 0 Å². The van der Waals surface area contributed by atoms with Crippen LogP contribution in [0.3, 0.4) is 0 Å². The van der Waals surface area contributed by atoms with Gasteiger partial charge in [0.15, 0.2) is 0 Å². The van der Waals surface area contributed by atoms with E-state index in [0.717, 1.165) is 11.3 Å². The molecule has 2 N–H and O–H groups in total. The van der Waals surface area contributed by atoms with Gasteiger partial charge in [0.1, 0.15) is 5.76 Å². The molecule has 0 radical (unpaired) electrons. The molecular formula is C17H23NO2. The number of nitrogens with one attached hydrogen (secondary N) is 1. The maximum absolute atomic E-state index is 10.2. The van der Waals surface area contributed by atoms with E-state index in [2.05, 4.69) is 31.3 Å². The normalized spacial score (nSPS) is 14.4. The van der Waals surface area contributed by atoms with Gasteiger partial charge in [-0.05, 0) is 36.1 Å². The number of furan rings is 1. The predicted octanol–water partition coefficient (Wildman–Crippen LogP) is 3.79. The van der Waals surface area contributed by atoms with Crippen molar-refractivity contribution in [1.82, 2.24) is 5.32 Å². The van der Waals surface area contributed by atoms with E-state index in [1.807, 2.05) is 31.2 Å². The van der Waals surface area contributed by atoms with Gasteiger partial charge in [-0.15, -0.1) is 0 Å². The third-order valence-corrected chi connectivity index (χ3v) is 3.58. The van der Waals surface area contributed by atoms with Gasteiger partial charge in [-0.2, -0.15) is 0 Å². The van der Waals surface area contributed by atoms with Gasteiger partial charge >= 0.3 is 0 Å². The fourth-order valence-electron chi connectivity index (χ4n) is 2.15. The Hall–Kier alpha value is -1.58. The quantitative estimate of drug-likeness (QED) is 0.841.